The van der Waals surface area contributed by atoms with Gasteiger partial charge in [-0.05, 0) is 12.5 Å². The van der Waals surface area contributed by atoms with Crippen LogP contribution in [0.5, 0.6) is 0 Å². The first-order valence-electron chi connectivity index (χ1n) is 5.99. The van der Waals surface area contributed by atoms with Crippen LogP contribution in [0.15, 0.2) is 35.7 Å². The van der Waals surface area contributed by atoms with Crippen LogP contribution in [0.1, 0.15) is 28.4 Å². The summed E-state index contributed by atoms with van der Waals surface area (Å²) in [4.78, 5) is 11.8. The summed E-state index contributed by atoms with van der Waals surface area (Å²) in [5, 5.41) is 2.35. The van der Waals surface area contributed by atoms with E-state index in [0.717, 1.165) is 11.1 Å². The van der Waals surface area contributed by atoms with Gasteiger partial charge in [-0.15, -0.1) is 11.3 Å². The zero-order valence-electron chi connectivity index (χ0n) is 10.6. The third kappa shape index (κ3) is 3.23. The van der Waals surface area contributed by atoms with Crippen LogP contribution in [-0.4, -0.2) is 12.6 Å². The quantitative estimate of drug-likeness (QED) is 0.865. The normalized spacial score (nSPS) is 10.8. The van der Waals surface area contributed by atoms with Crippen molar-refractivity contribution < 1.29 is 9.53 Å². The summed E-state index contributed by atoms with van der Waals surface area (Å²) in [6, 6.07) is 9.89. The van der Waals surface area contributed by atoms with Gasteiger partial charge in [0.05, 0.1) is 6.61 Å². The molecule has 0 aliphatic rings. The van der Waals surface area contributed by atoms with Crippen molar-refractivity contribution in [1.29, 1.82) is 0 Å². The molecule has 0 bridgehead atoms. The molecular formula is C15H15NO2S. The number of hydrogen-bond acceptors (Lipinski definition) is 4. The fourth-order valence-corrected chi connectivity index (χ4v) is 2.45. The molecule has 0 saturated heterocycles. The summed E-state index contributed by atoms with van der Waals surface area (Å²) in [6.07, 6.45) is 3.83. The number of carbonyl (C=O) groups excluding carboxylic acids is 1. The summed E-state index contributed by atoms with van der Waals surface area (Å²) < 4.78 is 5.01. The largest absolute Gasteiger partial charge is 0.462 e. The number of anilines is 1. The number of nitrogen functional groups attached to an aromatic ring is 1. The summed E-state index contributed by atoms with van der Waals surface area (Å²) >= 11 is 1.35. The SMILES string of the molecule is CCOC(=O)c1c(/C=C/c2ccccc2)csc1N. The molecule has 0 aliphatic heterocycles. The molecule has 0 fully saturated rings. The smallest absolute Gasteiger partial charge is 0.341 e. The van der Waals surface area contributed by atoms with Crippen molar-refractivity contribution in [3.63, 3.8) is 0 Å². The first-order chi connectivity index (χ1) is 9.22. The van der Waals surface area contributed by atoms with Crippen LogP contribution in [0.25, 0.3) is 12.2 Å². The molecule has 0 unspecified atom stereocenters. The molecule has 19 heavy (non-hydrogen) atoms. The van der Waals surface area contributed by atoms with Crippen LogP contribution < -0.4 is 5.73 Å². The van der Waals surface area contributed by atoms with Gasteiger partial charge in [0.1, 0.15) is 10.6 Å². The van der Waals surface area contributed by atoms with Gasteiger partial charge in [0, 0.05) is 10.9 Å². The van der Waals surface area contributed by atoms with E-state index in [9.17, 15) is 4.79 Å². The minimum absolute atomic E-state index is 0.343. The molecular weight excluding hydrogens is 258 g/mol. The second-order valence-electron chi connectivity index (χ2n) is 3.89. The second-order valence-corrected chi connectivity index (χ2v) is 4.81. The Morgan fingerprint density at radius 1 is 1.32 bits per heavy atom. The monoisotopic (exact) mass is 273 g/mol. The van der Waals surface area contributed by atoms with Crippen LogP contribution in [0, 0.1) is 0 Å². The predicted molar refractivity (Wildman–Crippen MR) is 80.1 cm³/mol. The van der Waals surface area contributed by atoms with Crippen LogP contribution >= 0.6 is 11.3 Å². The molecule has 0 saturated carbocycles. The number of rotatable bonds is 4. The lowest BCUT2D eigenvalue weighted by Gasteiger charge is -2.02. The van der Waals surface area contributed by atoms with Gasteiger partial charge in [-0.1, -0.05) is 42.5 Å². The van der Waals surface area contributed by atoms with Gasteiger partial charge in [0.25, 0.3) is 0 Å². The highest BCUT2D eigenvalue weighted by Crippen LogP contribution is 2.27. The molecule has 1 aromatic heterocycles. The fraction of sp³-hybridized carbons (Fsp3) is 0.133. The van der Waals surface area contributed by atoms with Gasteiger partial charge in [-0.3, -0.25) is 0 Å². The van der Waals surface area contributed by atoms with Crippen LogP contribution in [0.2, 0.25) is 0 Å². The third-order valence-corrected chi connectivity index (χ3v) is 3.41. The maximum absolute atomic E-state index is 11.8. The first kappa shape index (κ1) is 13.4. The van der Waals surface area contributed by atoms with E-state index in [1.54, 1.807) is 6.92 Å². The molecule has 0 atom stereocenters. The highest BCUT2D eigenvalue weighted by Gasteiger charge is 2.16. The predicted octanol–water partition coefficient (Wildman–Crippen LogP) is 3.68. The van der Waals surface area contributed by atoms with E-state index in [0.29, 0.717) is 17.2 Å². The number of hydrogen-bond donors (Lipinski definition) is 1. The van der Waals surface area contributed by atoms with Gasteiger partial charge < -0.3 is 10.5 Å². The Kier molecular flexibility index (Phi) is 4.36. The van der Waals surface area contributed by atoms with Gasteiger partial charge in [0.15, 0.2) is 0 Å². The van der Waals surface area contributed by atoms with E-state index < -0.39 is 0 Å². The van der Waals surface area contributed by atoms with Crippen molar-refractivity contribution in [2.75, 3.05) is 12.3 Å². The Morgan fingerprint density at radius 2 is 2.05 bits per heavy atom. The first-order valence-corrected chi connectivity index (χ1v) is 6.87. The van der Waals surface area contributed by atoms with Crippen molar-refractivity contribution in [2.45, 2.75) is 6.92 Å². The molecule has 98 valence electrons. The average Bonchev–Trinajstić information content (AvgIpc) is 2.79. The van der Waals surface area contributed by atoms with E-state index in [1.807, 2.05) is 47.9 Å². The van der Waals surface area contributed by atoms with Gasteiger partial charge in [-0.2, -0.15) is 0 Å². The van der Waals surface area contributed by atoms with Crippen LogP contribution in [0.3, 0.4) is 0 Å². The molecule has 2 rings (SSSR count). The zero-order valence-corrected chi connectivity index (χ0v) is 11.4. The lowest BCUT2D eigenvalue weighted by atomic mass is 10.1. The van der Waals surface area contributed by atoms with E-state index in [1.165, 1.54) is 11.3 Å². The standard InChI is InChI=1S/C15H15NO2S/c1-2-18-15(17)13-12(10-19-14(13)16)9-8-11-6-4-3-5-7-11/h3-10H,2,16H2,1H3/b9-8+. The Labute approximate surface area is 116 Å². The molecule has 0 aliphatic carbocycles. The van der Waals surface area contributed by atoms with Crippen LogP contribution in [-0.2, 0) is 4.74 Å². The summed E-state index contributed by atoms with van der Waals surface area (Å²) in [5.74, 6) is -0.367. The minimum Gasteiger partial charge on any atom is -0.462 e. The number of benzene rings is 1. The van der Waals surface area contributed by atoms with Gasteiger partial charge >= 0.3 is 5.97 Å². The third-order valence-electron chi connectivity index (χ3n) is 2.58. The number of nitrogens with two attached hydrogens (primary N) is 1. The van der Waals surface area contributed by atoms with Crippen molar-refractivity contribution in [3.05, 3.63) is 52.4 Å². The number of ether oxygens (including phenoxy) is 1. The van der Waals surface area contributed by atoms with Crippen molar-refractivity contribution in [3.8, 4) is 0 Å². The molecule has 3 nitrogen and oxygen atoms in total. The molecule has 0 amide bonds. The van der Waals surface area contributed by atoms with Crippen LogP contribution in [0.4, 0.5) is 5.00 Å². The van der Waals surface area contributed by atoms with Crippen molar-refractivity contribution in [1.82, 2.24) is 0 Å². The lowest BCUT2D eigenvalue weighted by Crippen LogP contribution is -2.07. The molecule has 1 aromatic carbocycles. The molecule has 4 heteroatoms. The van der Waals surface area contributed by atoms with Crippen molar-refractivity contribution in [2.24, 2.45) is 0 Å². The van der Waals surface area contributed by atoms with Gasteiger partial charge in [-0.25, -0.2) is 4.79 Å². The Morgan fingerprint density at radius 3 is 2.74 bits per heavy atom. The highest BCUT2D eigenvalue weighted by atomic mass is 32.1. The van der Waals surface area contributed by atoms with E-state index >= 15 is 0 Å². The summed E-state index contributed by atoms with van der Waals surface area (Å²) in [7, 11) is 0. The average molecular weight is 273 g/mol. The zero-order chi connectivity index (χ0) is 13.7. The maximum atomic E-state index is 11.8. The number of carbonyl (C=O) groups is 1. The highest BCUT2D eigenvalue weighted by molar-refractivity contribution is 7.14. The fourth-order valence-electron chi connectivity index (χ4n) is 1.68. The Hall–Kier alpha value is -2.07. The summed E-state index contributed by atoms with van der Waals surface area (Å²) in [5.41, 5.74) is 8.15. The summed E-state index contributed by atoms with van der Waals surface area (Å²) in [6.45, 7) is 2.12. The molecule has 1 heterocycles. The molecule has 0 spiro atoms. The number of thiophene rings is 1. The van der Waals surface area contributed by atoms with Gasteiger partial charge in [0.2, 0.25) is 0 Å². The van der Waals surface area contributed by atoms with Crippen molar-refractivity contribution >= 4 is 34.5 Å². The minimum atomic E-state index is -0.367. The van der Waals surface area contributed by atoms with E-state index in [4.69, 9.17) is 10.5 Å². The lowest BCUT2D eigenvalue weighted by molar-refractivity contribution is 0.0528. The molecule has 2 aromatic rings. The van der Waals surface area contributed by atoms with E-state index in [-0.39, 0.29) is 5.97 Å². The maximum Gasteiger partial charge on any atom is 0.341 e. The van der Waals surface area contributed by atoms with E-state index in [2.05, 4.69) is 0 Å². The Bertz CT molecular complexity index is 587. The molecule has 2 N–H and O–H groups in total. The molecule has 0 radical (unpaired) electrons. The Balaban J connectivity index is 2.26. The number of esters is 1. The topological polar surface area (TPSA) is 52.3 Å². The second kappa shape index (κ2) is 6.20.